The average molecular weight is 333 g/mol. The number of ether oxygens (including phenoxy) is 2. The van der Waals surface area contributed by atoms with E-state index in [0.717, 1.165) is 25.9 Å². The summed E-state index contributed by atoms with van der Waals surface area (Å²) in [7, 11) is 2.07. The second-order valence-electron chi connectivity index (χ2n) is 4.70. The number of rotatable bonds is 10. The molecule has 0 aliphatic rings. The number of carbonyl (C=O) groups excluding carboxylic acids is 2. The second-order valence-corrected chi connectivity index (χ2v) is 4.70. The van der Waals surface area contributed by atoms with Crippen molar-refractivity contribution in [2.24, 2.45) is 0 Å². The molecule has 0 saturated carbocycles. The SMILES string of the molecule is C=C(C)C(=O)OCCOC(=O)CC[NH+](C)CCCC.CC.CC. The summed E-state index contributed by atoms with van der Waals surface area (Å²) in [6.45, 7) is 17.2. The first kappa shape index (κ1) is 26.5. The molecule has 0 aliphatic carbocycles. The van der Waals surface area contributed by atoms with Gasteiger partial charge < -0.3 is 14.4 Å². The summed E-state index contributed by atoms with van der Waals surface area (Å²) in [5.41, 5.74) is 0.340. The van der Waals surface area contributed by atoms with Crippen molar-refractivity contribution in [1.29, 1.82) is 0 Å². The summed E-state index contributed by atoms with van der Waals surface area (Å²) in [4.78, 5) is 23.8. The van der Waals surface area contributed by atoms with Gasteiger partial charge in [-0.15, -0.1) is 0 Å². The molecule has 23 heavy (non-hydrogen) atoms. The van der Waals surface area contributed by atoms with E-state index >= 15 is 0 Å². The smallest absolute Gasteiger partial charge is 0.333 e. The summed E-state index contributed by atoms with van der Waals surface area (Å²) in [6.07, 6.45) is 2.72. The largest absolute Gasteiger partial charge is 0.462 e. The minimum Gasteiger partial charge on any atom is -0.462 e. The lowest BCUT2D eigenvalue weighted by Crippen LogP contribution is -3.09. The number of unbranched alkanes of at least 4 members (excludes halogenated alkanes) is 1. The van der Waals surface area contributed by atoms with Gasteiger partial charge in [-0.1, -0.05) is 47.6 Å². The summed E-state index contributed by atoms with van der Waals surface area (Å²) >= 11 is 0. The maximum Gasteiger partial charge on any atom is 0.333 e. The van der Waals surface area contributed by atoms with Gasteiger partial charge in [0, 0.05) is 5.57 Å². The van der Waals surface area contributed by atoms with Gasteiger partial charge in [0.2, 0.25) is 0 Å². The molecule has 0 aromatic carbocycles. The molecule has 5 heteroatoms. The van der Waals surface area contributed by atoms with Crippen molar-refractivity contribution in [3.8, 4) is 0 Å². The Kier molecular flexibility index (Phi) is 23.8. The van der Waals surface area contributed by atoms with Crippen molar-refractivity contribution in [3.63, 3.8) is 0 Å². The molecule has 1 unspecified atom stereocenters. The molecule has 1 atom stereocenters. The first-order valence-electron chi connectivity index (χ1n) is 8.77. The monoisotopic (exact) mass is 332 g/mol. The fourth-order valence-corrected chi connectivity index (χ4v) is 1.40. The van der Waals surface area contributed by atoms with Crippen LogP contribution in [0.1, 0.15) is 60.8 Å². The lowest BCUT2D eigenvalue weighted by atomic mass is 10.3. The van der Waals surface area contributed by atoms with Crippen LogP contribution in [0.3, 0.4) is 0 Å². The van der Waals surface area contributed by atoms with Crippen molar-refractivity contribution in [1.82, 2.24) is 0 Å². The third-order valence-corrected chi connectivity index (χ3v) is 2.64. The van der Waals surface area contributed by atoms with E-state index in [4.69, 9.17) is 9.47 Å². The molecule has 1 N–H and O–H groups in total. The van der Waals surface area contributed by atoms with E-state index in [9.17, 15) is 9.59 Å². The molecule has 138 valence electrons. The molecule has 0 fully saturated rings. The highest BCUT2D eigenvalue weighted by atomic mass is 16.6. The third-order valence-electron chi connectivity index (χ3n) is 2.64. The van der Waals surface area contributed by atoms with Crippen LogP contribution in [-0.2, 0) is 19.1 Å². The quantitative estimate of drug-likeness (QED) is 0.379. The van der Waals surface area contributed by atoms with Crippen LogP contribution in [0.2, 0.25) is 0 Å². The van der Waals surface area contributed by atoms with Gasteiger partial charge in [-0.05, 0) is 13.3 Å². The van der Waals surface area contributed by atoms with E-state index in [2.05, 4.69) is 20.6 Å². The first-order valence-corrected chi connectivity index (χ1v) is 8.77. The Balaban J connectivity index is -0.000000919. The predicted molar refractivity (Wildman–Crippen MR) is 95.6 cm³/mol. The summed E-state index contributed by atoms with van der Waals surface area (Å²) in [6, 6.07) is 0. The average Bonchev–Trinajstić information content (AvgIpc) is 2.58. The predicted octanol–water partition coefficient (Wildman–Crippen LogP) is 2.41. The molecule has 0 saturated heterocycles. The van der Waals surface area contributed by atoms with Gasteiger partial charge in [0.05, 0.1) is 26.6 Å². The topological polar surface area (TPSA) is 57.0 Å². The van der Waals surface area contributed by atoms with Gasteiger partial charge in [-0.3, -0.25) is 4.79 Å². The molecule has 0 heterocycles. The molecule has 0 aliphatic heterocycles. The molecule has 0 rings (SSSR count). The Bertz CT molecular complexity index is 303. The normalized spacial score (nSPS) is 10.2. The van der Waals surface area contributed by atoms with Crippen molar-refractivity contribution in [3.05, 3.63) is 12.2 Å². The van der Waals surface area contributed by atoms with Crippen LogP contribution in [0.4, 0.5) is 0 Å². The maximum atomic E-state index is 11.4. The van der Waals surface area contributed by atoms with Crippen molar-refractivity contribution in [2.75, 3.05) is 33.4 Å². The van der Waals surface area contributed by atoms with E-state index in [-0.39, 0.29) is 19.2 Å². The number of hydrogen-bond donors (Lipinski definition) is 1. The van der Waals surface area contributed by atoms with Crippen LogP contribution in [-0.4, -0.2) is 45.3 Å². The highest BCUT2D eigenvalue weighted by molar-refractivity contribution is 5.86. The molecular weight excluding hydrogens is 294 g/mol. The van der Waals surface area contributed by atoms with Gasteiger partial charge in [-0.2, -0.15) is 0 Å². The lowest BCUT2D eigenvalue weighted by Gasteiger charge is -2.12. The van der Waals surface area contributed by atoms with Gasteiger partial charge in [0.1, 0.15) is 13.2 Å². The third kappa shape index (κ3) is 20.6. The molecular formula is C18H38NO4+. The fourth-order valence-electron chi connectivity index (χ4n) is 1.40. The molecule has 0 spiro atoms. The van der Waals surface area contributed by atoms with E-state index < -0.39 is 5.97 Å². The lowest BCUT2D eigenvalue weighted by molar-refractivity contribution is -0.879. The Hall–Kier alpha value is -1.36. The zero-order valence-corrected chi connectivity index (χ0v) is 16.3. The Morgan fingerprint density at radius 3 is 2.00 bits per heavy atom. The summed E-state index contributed by atoms with van der Waals surface area (Å²) in [5.74, 6) is -0.706. The van der Waals surface area contributed by atoms with Crippen LogP contribution < -0.4 is 4.90 Å². The van der Waals surface area contributed by atoms with Crippen LogP contribution in [0.15, 0.2) is 12.2 Å². The van der Waals surface area contributed by atoms with Crippen molar-refractivity contribution in [2.45, 2.75) is 60.8 Å². The molecule has 5 nitrogen and oxygen atoms in total. The highest BCUT2D eigenvalue weighted by Crippen LogP contribution is 1.92. The summed E-state index contributed by atoms with van der Waals surface area (Å²) < 4.78 is 9.78. The molecule has 0 aromatic heterocycles. The maximum absolute atomic E-state index is 11.4. The number of esters is 2. The van der Waals surface area contributed by atoms with E-state index in [1.54, 1.807) is 6.92 Å². The summed E-state index contributed by atoms with van der Waals surface area (Å²) in [5, 5.41) is 0. The number of hydrogen-bond acceptors (Lipinski definition) is 4. The minimum absolute atomic E-state index is 0.0793. The first-order chi connectivity index (χ1) is 11.0. The van der Waals surface area contributed by atoms with Crippen LogP contribution >= 0.6 is 0 Å². The van der Waals surface area contributed by atoms with Crippen LogP contribution in [0, 0.1) is 0 Å². The Labute approximate surface area is 143 Å². The highest BCUT2D eigenvalue weighted by Gasteiger charge is 2.08. The second kappa shape index (κ2) is 20.6. The molecule has 0 amide bonds. The van der Waals surface area contributed by atoms with Crippen molar-refractivity contribution >= 4 is 11.9 Å². The van der Waals surface area contributed by atoms with E-state index in [0.29, 0.717) is 12.0 Å². The zero-order valence-electron chi connectivity index (χ0n) is 16.3. The molecule has 0 bridgehead atoms. The van der Waals surface area contributed by atoms with Gasteiger partial charge >= 0.3 is 11.9 Å². The fraction of sp³-hybridized carbons (Fsp3) is 0.778. The zero-order chi connectivity index (χ0) is 18.7. The number of carbonyl (C=O) groups is 2. The van der Waals surface area contributed by atoms with E-state index in [1.165, 1.54) is 4.90 Å². The number of quaternary nitrogens is 1. The number of nitrogens with one attached hydrogen (secondary N) is 1. The van der Waals surface area contributed by atoms with Gasteiger partial charge in [-0.25, -0.2) is 4.79 Å². The standard InChI is InChI=1S/C14H25NO4.2C2H6/c1-5-6-8-15(4)9-7-13(16)18-10-11-19-14(17)12(2)3;2*1-2/h2,5-11H2,1,3-4H3;2*1-2H3/p+1. The Morgan fingerprint density at radius 2 is 1.52 bits per heavy atom. The van der Waals surface area contributed by atoms with Gasteiger partial charge in [0.15, 0.2) is 0 Å². The molecule has 0 radical (unpaired) electrons. The van der Waals surface area contributed by atoms with Crippen LogP contribution in [0.5, 0.6) is 0 Å². The van der Waals surface area contributed by atoms with Gasteiger partial charge in [0.25, 0.3) is 0 Å². The Morgan fingerprint density at radius 1 is 1.00 bits per heavy atom. The van der Waals surface area contributed by atoms with E-state index in [1.807, 2.05) is 27.7 Å². The van der Waals surface area contributed by atoms with Crippen molar-refractivity contribution < 1.29 is 24.0 Å². The minimum atomic E-state index is -0.459. The molecule has 0 aromatic rings. The van der Waals surface area contributed by atoms with Crippen LogP contribution in [0.25, 0.3) is 0 Å².